The number of primary amides is 1. The summed E-state index contributed by atoms with van der Waals surface area (Å²) in [5, 5.41) is 3.77. The molecule has 2 aromatic heterocycles. The van der Waals surface area contributed by atoms with Crippen molar-refractivity contribution in [3.8, 4) is 5.82 Å². The summed E-state index contributed by atoms with van der Waals surface area (Å²) in [6.07, 6.45) is 2.68. The van der Waals surface area contributed by atoms with E-state index < -0.39 is 11.7 Å². The first-order valence-electron chi connectivity index (χ1n) is 4.45. The van der Waals surface area contributed by atoms with E-state index in [-0.39, 0.29) is 17.2 Å². The lowest BCUT2D eigenvalue weighted by Crippen LogP contribution is -2.14. The van der Waals surface area contributed by atoms with Crippen molar-refractivity contribution in [2.24, 2.45) is 5.73 Å². The molecule has 0 fully saturated rings. The van der Waals surface area contributed by atoms with E-state index >= 15 is 0 Å². The number of anilines is 1. The van der Waals surface area contributed by atoms with Crippen molar-refractivity contribution in [1.82, 2.24) is 14.8 Å². The Bertz CT molecular complexity index is 597. The molecule has 0 unspecified atom stereocenters. The van der Waals surface area contributed by atoms with Crippen LogP contribution in [0.2, 0.25) is 0 Å². The van der Waals surface area contributed by atoms with Crippen LogP contribution >= 0.6 is 15.9 Å². The van der Waals surface area contributed by atoms with Crippen LogP contribution in [0.15, 0.2) is 22.9 Å². The summed E-state index contributed by atoms with van der Waals surface area (Å²) in [6, 6.07) is 1.23. The monoisotopic (exact) mass is 299 g/mol. The van der Waals surface area contributed by atoms with Crippen LogP contribution in [0.4, 0.5) is 10.1 Å². The van der Waals surface area contributed by atoms with Gasteiger partial charge in [0.1, 0.15) is 0 Å². The van der Waals surface area contributed by atoms with Gasteiger partial charge in [-0.25, -0.2) is 14.1 Å². The van der Waals surface area contributed by atoms with Crippen LogP contribution in [0, 0.1) is 5.82 Å². The fourth-order valence-electron chi connectivity index (χ4n) is 1.26. The number of hydrogen-bond donors (Lipinski definition) is 2. The minimum atomic E-state index is -0.779. The average molecular weight is 300 g/mol. The minimum absolute atomic E-state index is 0.0626. The van der Waals surface area contributed by atoms with Crippen molar-refractivity contribution in [2.75, 3.05) is 5.73 Å². The minimum Gasteiger partial charge on any atom is -0.396 e. The summed E-state index contributed by atoms with van der Waals surface area (Å²) in [5.41, 5.74) is 10.5. The van der Waals surface area contributed by atoms with Gasteiger partial charge in [-0.2, -0.15) is 5.10 Å². The Morgan fingerprint density at radius 3 is 2.76 bits per heavy atom. The van der Waals surface area contributed by atoms with E-state index in [0.29, 0.717) is 4.47 Å². The molecule has 0 aromatic carbocycles. The number of nitrogens with zero attached hydrogens (tertiary/aromatic N) is 3. The lowest BCUT2D eigenvalue weighted by atomic mass is 10.4. The molecular formula is C9H7BrFN5O. The molecule has 6 nitrogen and oxygen atoms in total. The molecule has 4 N–H and O–H groups in total. The molecule has 17 heavy (non-hydrogen) atoms. The molecule has 0 aliphatic heterocycles. The molecule has 0 bridgehead atoms. The van der Waals surface area contributed by atoms with Crippen molar-refractivity contribution < 1.29 is 9.18 Å². The van der Waals surface area contributed by atoms with E-state index in [2.05, 4.69) is 26.0 Å². The molecule has 0 saturated heterocycles. The number of aromatic nitrogens is 3. The fourth-order valence-corrected chi connectivity index (χ4v) is 1.57. The molecule has 0 aliphatic rings. The average Bonchev–Trinajstić information content (AvgIpc) is 2.60. The third-order valence-corrected chi connectivity index (χ3v) is 2.42. The van der Waals surface area contributed by atoms with Gasteiger partial charge in [0.15, 0.2) is 17.3 Å². The third-order valence-electron chi connectivity index (χ3n) is 1.98. The number of nitrogen functional groups attached to an aromatic ring is 1. The van der Waals surface area contributed by atoms with Crippen LogP contribution in [0.3, 0.4) is 0 Å². The second-order valence-electron chi connectivity index (χ2n) is 3.20. The van der Waals surface area contributed by atoms with Gasteiger partial charge in [-0.05, 0) is 22.0 Å². The highest BCUT2D eigenvalue weighted by atomic mass is 79.9. The number of carbonyl (C=O) groups excluding carboxylic acids is 1. The predicted molar refractivity (Wildman–Crippen MR) is 61.9 cm³/mol. The maximum atomic E-state index is 13.6. The van der Waals surface area contributed by atoms with E-state index in [1.807, 2.05) is 0 Å². The lowest BCUT2D eigenvalue weighted by Gasteiger charge is -2.01. The molecule has 8 heteroatoms. The first-order valence-corrected chi connectivity index (χ1v) is 5.24. The summed E-state index contributed by atoms with van der Waals surface area (Å²) in [4.78, 5) is 14.8. The molecule has 2 rings (SSSR count). The first-order chi connectivity index (χ1) is 7.99. The van der Waals surface area contributed by atoms with Gasteiger partial charge in [-0.3, -0.25) is 4.79 Å². The maximum absolute atomic E-state index is 13.6. The summed E-state index contributed by atoms with van der Waals surface area (Å²) < 4.78 is 15.1. The molecule has 2 heterocycles. The number of carbonyl (C=O) groups is 1. The van der Waals surface area contributed by atoms with Crippen LogP contribution in [0.25, 0.3) is 5.82 Å². The largest absolute Gasteiger partial charge is 0.396 e. The van der Waals surface area contributed by atoms with Crippen LogP contribution in [-0.4, -0.2) is 20.7 Å². The SMILES string of the molecule is NC(=O)c1nn(-c2ncc(Br)cc2F)cc1N. The second kappa shape index (κ2) is 4.13. The third kappa shape index (κ3) is 2.11. The maximum Gasteiger partial charge on any atom is 0.271 e. The van der Waals surface area contributed by atoms with E-state index in [1.54, 1.807) is 0 Å². The lowest BCUT2D eigenvalue weighted by molar-refractivity contribution is 0.0996. The van der Waals surface area contributed by atoms with E-state index in [9.17, 15) is 9.18 Å². The number of pyridine rings is 1. The van der Waals surface area contributed by atoms with E-state index in [4.69, 9.17) is 11.5 Å². The molecule has 0 atom stereocenters. The Labute approximate surface area is 104 Å². The normalized spacial score (nSPS) is 10.5. The van der Waals surface area contributed by atoms with Gasteiger partial charge in [0.05, 0.1) is 11.9 Å². The number of hydrogen-bond acceptors (Lipinski definition) is 4. The molecule has 88 valence electrons. The standard InChI is InChI=1S/C9H7BrFN5O/c10-4-1-5(11)9(14-2-4)16-3-6(12)7(15-16)8(13)17/h1-3H,12H2,(H2,13,17). The molecule has 1 amide bonds. The Balaban J connectivity index is 2.53. The smallest absolute Gasteiger partial charge is 0.271 e. The highest BCUT2D eigenvalue weighted by Crippen LogP contribution is 2.17. The molecule has 2 aromatic rings. The van der Waals surface area contributed by atoms with Crippen molar-refractivity contribution in [1.29, 1.82) is 0 Å². The molecule has 0 spiro atoms. The molecule has 0 saturated carbocycles. The number of halogens is 2. The number of amides is 1. The molecule has 0 aliphatic carbocycles. The Morgan fingerprint density at radius 2 is 2.24 bits per heavy atom. The van der Waals surface area contributed by atoms with Gasteiger partial charge < -0.3 is 11.5 Å². The van der Waals surface area contributed by atoms with E-state index in [1.165, 1.54) is 18.5 Å². The Kier molecular flexibility index (Phi) is 2.80. The van der Waals surface area contributed by atoms with E-state index in [0.717, 1.165) is 4.68 Å². The van der Waals surface area contributed by atoms with Gasteiger partial charge in [0.25, 0.3) is 5.91 Å². The number of nitrogens with two attached hydrogens (primary N) is 2. The second-order valence-corrected chi connectivity index (χ2v) is 4.12. The van der Waals surface area contributed by atoms with Crippen molar-refractivity contribution in [3.63, 3.8) is 0 Å². The van der Waals surface area contributed by atoms with Gasteiger partial charge in [0.2, 0.25) is 0 Å². The highest BCUT2D eigenvalue weighted by Gasteiger charge is 2.15. The summed E-state index contributed by atoms with van der Waals surface area (Å²) in [5.74, 6) is -1.44. The topological polar surface area (TPSA) is 99.8 Å². The summed E-state index contributed by atoms with van der Waals surface area (Å²) in [6.45, 7) is 0. The van der Waals surface area contributed by atoms with Gasteiger partial charge >= 0.3 is 0 Å². The van der Waals surface area contributed by atoms with Crippen LogP contribution in [0.1, 0.15) is 10.5 Å². The van der Waals surface area contributed by atoms with Crippen LogP contribution in [0.5, 0.6) is 0 Å². The Morgan fingerprint density at radius 1 is 1.53 bits per heavy atom. The quantitative estimate of drug-likeness (QED) is 0.858. The van der Waals surface area contributed by atoms with Crippen LogP contribution in [-0.2, 0) is 0 Å². The molecule has 0 radical (unpaired) electrons. The fraction of sp³-hybridized carbons (Fsp3) is 0. The molecular weight excluding hydrogens is 293 g/mol. The zero-order valence-corrected chi connectivity index (χ0v) is 9.98. The predicted octanol–water partition coefficient (Wildman–Crippen LogP) is 0.850. The van der Waals surface area contributed by atoms with Crippen LogP contribution < -0.4 is 11.5 Å². The van der Waals surface area contributed by atoms with Crippen molar-refractivity contribution >= 4 is 27.5 Å². The summed E-state index contributed by atoms with van der Waals surface area (Å²) >= 11 is 3.08. The zero-order chi connectivity index (χ0) is 12.6. The Hall–Kier alpha value is -1.96. The van der Waals surface area contributed by atoms with Crippen molar-refractivity contribution in [3.05, 3.63) is 34.4 Å². The van der Waals surface area contributed by atoms with Crippen molar-refractivity contribution in [2.45, 2.75) is 0 Å². The summed E-state index contributed by atoms with van der Waals surface area (Å²) in [7, 11) is 0. The highest BCUT2D eigenvalue weighted by molar-refractivity contribution is 9.10. The number of rotatable bonds is 2. The van der Waals surface area contributed by atoms with Gasteiger partial charge in [0, 0.05) is 10.7 Å². The zero-order valence-electron chi connectivity index (χ0n) is 8.39. The van der Waals surface area contributed by atoms with Gasteiger partial charge in [-0.15, -0.1) is 0 Å². The van der Waals surface area contributed by atoms with Gasteiger partial charge in [-0.1, -0.05) is 0 Å². The first kappa shape index (κ1) is 11.5.